The highest BCUT2D eigenvalue weighted by Gasteiger charge is 2.11. The Kier molecular flexibility index (Phi) is 6.03. The zero-order valence-electron chi connectivity index (χ0n) is 13.5. The Balaban J connectivity index is 1.72. The lowest BCUT2D eigenvalue weighted by molar-refractivity contribution is 0.282. The van der Waals surface area contributed by atoms with Gasteiger partial charge in [0, 0.05) is 11.6 Å². The number of nitrogens with zero attached hydrogens (tertiary/aromatic N) is 2. The first-order valence-corrected chi connectivity index (χ1v) is 9.16. The van der Waals surface area contributed by atoms with Crippen molar-refractivity contribution in [1.29, 1.82) is 0 Å². The minimum Gasteiger partial charge on any atom is -0.493 e. The summed E-state index contributed by atoms with van der Waals surface area (Å²) in [5, 5.41) is 6.81. The van der Waals surface area contributed by atoms with Crippen molar-refractivity contribution < 1.29 is 9.47 Å². The topological polar surface area (TPSA) is 55.7 Å². The maximum atomic E-state index is 5.92. The Morgan fingerprint density at radius 3 is 2.84 bits per heavy atom. The van der Waals surface area contributed by atoms with E-state index in [0.29, 0.717) is 18.1 Å². The van der Waals surface area contributed by atoms with E-state index >= 15 is 0 Å². The average molecular weight is 418 g/mol. The van der Waals surface area contributed by atoms with E-state index in [2.05, 4.69) is 31.4 Å². The van der Waals surface area contributed by atoms with Crippen molar-refractivity contribution in [3.63, 3.8) is 0 Å². The molecule has 0 fully saturated rings. The van der Waals surface area contributed by atoms with Gasteiger partial charge < -0.3 is 9.47 Å². The molecule has 3 aromatic rings. The van der Waals surface area contributed by atoms with E-state index in [1.165, 1.54) is 11.3 Å². The van der Waals surface area contributed by atoms with Crippen molar-refractivity contribution in [2.75, 3.05) is 12.5 Å². The number of anilines is 1. The van der Waals surface area contributed by atoms with Crippen LogP contribution >= 0.6 is 27.3 Å². The Bertz CT molecular complexity index is 839. The number of thiazole rings is 1. The summed E-state index contributed by atoms with van der Waals surface area (Å²) in [7, 11) is 1.62. The molecule has 0 radical (unpaired) electrons. The molecule has 0 saturated heterocycles. The van der Waals surface area contributed by atoms with Crippen LogP contribution in [0.1, 0.15) is 11.1 Å². The Hall–Kier alpha value is -2.38. The highest BCUT2D eigenvalue weighted by molar-refractivity contribution is 9.10. The van der Waals surface area contributed by atoms with Crippen LogP contribution in [-0.4, -0.2) is 18.3 Å². The molecule has 0 saturated carbocycles. The van der Waals surface area contributed by atoms with Crippen LogP contribution in [0.4, 0.5) is 5.13 Å². The average Bonchev–Trinajstić information content (AvgIpc) is 3.15. The summed E-state index contributed by atoms with van der Waals surface area (Å²) in [6.07, 6.45) is 3.43. The van der Waals surface area contributed by atoms with Crippen LogP contribution in [0.15, 0.2) is 63.6 Å². The largest absolute Gasteiger partial charge is 0.493 e. The highest BCUT2D eigenvalue weighted by atomic mass is 79.9. The lowest BCUT2D eigenvalue weighted by Gasteiger charge is -2.13. The third kappa shape index (κ3) is 4.80. The van der Waals surface area contributed by atoms with Crippen LogP contribution in [0.5, 0.6) is 11.5 Å². The van der Waals surface area contributed by atoms with E-state index < -0.39 is 0 Å². The molecule has 0 spiro atoms. The van der Waals surface area contributed by atoms with Gasteiger partial charge in [0.05, 0.1) is 17.8 Å². The fourth-order valence-corrected chi connectivity index (χ4v) is 3.18. The summed E-state index contributed by atoms with van der Waals surface area (Å²) in [6.45, 7) is 0.467. The van der Waals surface area contributed by atoms with Crippen LogP contribution < -0.4 is 14.9 Å². The number of halogens is 1. The first kappa shape index (κ1) is 17.4. The molecule has 0 aliphatic heterocycles. The normalized spacial score (nSPS) is 10.8. The van der Waals surface area contributed by atoms with E-state index in [0.717, 1.165) is 20.7 Å². The molecule has 25 heavy (non-hydrogen) atoms. The smallest absolute Gasteiger partial charge is 0.203 e. The molecule has 0 bridgehead atoms. The lowest BCUT2D eigenvalue weighted by Crippen LogP contribution is -2.00. The van der Waals surface area contributed by atoms with Crippen LogP contribution in [0.2, 0.25) is 0 Å². The molecule has 1 heterocycles. The van der Waals surface area contributed by atoms with Gasteiger partial charge >= 0.3 is 0 Å². The van der Waals surface area contributed by atoms with Crippen molar-refractivity contribution in [3.05, 3.63) is 69.6 Å². The SMILES string of the molecule is COc1cc(/C=N\Nc2nccs2)cc(Br)c1OCc1ccccc1. The van der Waals surface area contributed by atoms with Crippen molar-refractivity contribution in [2.24, 2.45) is 5.10 Å². The predicted octanol–water partition coefficient (Wildman–Crippen LogP) is 4.94. The lowest BCUT2D eigenvalue weighted by atomic mass is 10.2. The van der Waals surface area contributed by atoms with Crippen molar-refractivity contribution >= 4 is 38.6 Å². The van der Waals surface area contributed by atoms with Crippen molar-refractivity contribution in [2.45, 2.75) is 6.61 Å². The number of hydrogen-bond donors (Lipinski definition) is 1. The molecule has 0 unspecified atom stereocenters. The molecular formula is C18H16BrN3O2S. The summed E-state index contributed by atoms with van der Waals surface area (Å²) in [5.41, 5.74) is 4.85. The van der Waals surface area contributed by atoms with Crippen LogP contribution in [0.25, 0.3) is 0 Å². The fourth-order valence-electron chi connectivity index (χ4n) is 2.12. The monoisotopic (exact) mass is 417 g/mol. The molecule has 0 aliphatic rings. The number of hydrazone groups is 1. The van der Waals surface area contributed by atoms with Gasteiger partial charge in [-0.2, -0.15) is 5.10 Å². The summed E-state index contributed by atoms with van der Waals surface area (Å²) in [4.78, 5) is 4.11. The molecule has 5 nitrogen and oxygen atoms in total. The molecule has 7 heteroatoms. The number of ether oxygens (including phenoxy) is 2. The van der Waals surface area contributed by atoms with Gasteiger partial charge in [-0.1, -0.05) is 30.3 Å². The molecule has 3 rings (SSSR count). The number of rotatable bonds is 7. The van der Waals surface area contributed by atoms with Gasteiger partial charge in [0.1, 0.15) is 6.61 Å². The molecule has 128 valence electrons. The quantitative estimate of drug-likeness (QED) is 0.436. The van der Waals surface area contributed by atoms with E-state index in [1.54, 1.807) is 19.5 Å². The van der Waals surface area contributed by atoms with E-state index in [1.807, 2.05) is 47.8 Å². The number of nitrogens with one attached hydrogen (secondary N) is 1. The Morgan fingerprint density at radius 1 is 1.28 bits per heavy atom. The first-order valence-electron chi connectivity index (χ1n) is 7.49. The van der Waals surface area contributed by atoms with Crippen LogP contribution in [0, 0.1) is 0 Å². The van der Waals surface area contributed by atoms with E-state index in [9.17, 15) is 0 Å². The number of hydrogen-bond acceptors (Lipinski definition) is 6. The van der Waals surface area contributed by atoms with Gasteiger partial charge in [-0.3, -0.25) is 5.43 Å². The Morgan fingerprint density at radius 2 is 2.12 bits per heavy atom. The number of benzene rings is 2. The molecule has 2 aromatic carbocycles. The maximum absolute atomic E-state index is 5.92. The second-order valence-electron chi connectivity index (χ2n) is 5.02. The van der Waals surface area contributed by atoms with Gasteiger partial charge in [-0.05, 0) is 39.2 Å². The fraction of sp³-hybridized carbons (Fsp3) is 0.111. The van der Waals surface area contributed by atoms with E-state index in [-0.39, 0.29) is 0 Å². The molecule has 0 atom stereocenters. The third-order valence-electron chi connectivity index (χ3n) is 3.28. The van der Waals surface area contributed by atoms with Gasteiger partial charge in [-0.15, -0.1) is 11.3 Å². The van der Waals surface area contributed by atoms with Gasteiger partial charge in [0.15, 0.2) is 11.5 Å². The summed E-state index contributed by atoms with van der Waals surface area (Å²) < 4.78 is 12.2. The highest BCUT2D eigenvalue weighted by Crippen LogP contribution is 2.36. The van der Waals surface area contributed by atoms with Crippen LogP contribution in [-0.2, 0) is 6.61 Å². The van der Waals surface area contributed by atoms with Gasteiger partial charge in [0.2, 0.25) is 5.13 Å². The molecule has 0 amide bonds. The molecule has 1 N–H and O–H groups in total. The Labute approximate surface area is 158 Å². The molecular weight excluding hydrogens is 402 g/mol. The maximum Gasteiger partial charge on any atom is 0.203 e. The zero-order chi connectivity index (χ0) is 17.5. The second-order valence-corrected chi connectivity index (χ2v) is 6.76. The van der Waals surface area contributed by atoms with Gasteiger partial charge in [0.25, 0.3) is 0 Å². The minimum absolute atomic E-state index is 0.467. The summed E-state index contributed by atoms with van der Waals surface area (Å²) in [6, 6.07) is 13.8. The third-order valence-corrected chi connectivity index (χ3v) is 4.55. The minimum atomic E-state index is 0.467. The second kappa shape index (κ2) is 8.64. The molecule has 1 aromatic heterocycles. The van der Waals surface area contributed by atoms with E-state index in [4.69, 9.17) is 9.47 Å². The zero-order valence-corrected chi connectivity index (χ0v) is 15.9. The standard InChI is InChI=1S/C18H16BrN3O2S/c1-23-16-10-14(11-21-22-18-20-7-8-25-18)9-15(19)17(16)24-12-13-5-3-2-4-6-13/h2-11H,12H2,1H3,(H,20,22)/b21-11-. The summed E-state index contributed by atoms with van der Waals surface area (Å²) in [5.74, 6) is 1.30. The predicted molar refractivity (Wildman–Crippen MR) is 105 cm³/mol. The number of aromatic nitrogens is 1. The van der Waals surface area contributed by atoms with Crippen LogP contribution in [0.3, 0.4) is 0 Å². The molecule has 0 aliphatic carbocycles. The van der Waals surface area contributed by atoms with Gasteiger partial charge in [-0.25, -0.2) is 4.98 Å². The summed E-state index contributed by atoms with van der Waals surface area (Å²) >= 11 is 5.03. The van der Waals surface area contributed by atoms with Crippen molar-refractivity contribution in [1.82, 2.24) is 4.98 Å². The number of methoxy groups -OCH3 is 1. The first-order chi connectivity index (χ1) is 12.3. The van der Waals surface area contributed by atoms with Crippen molar-refractivity contribution in [3.8, 4) is 11.5 Å².